The fourth-order valence-corrected chi connectivity index (χ4v) is 2.81. The van der Waals surface area contributed by atoms with Crippen LogP contribution in [0, 0.1) is 5.92 Å². The van der Waals surface area contributed by atoms with Crippen LogP contribution in [0.4, 0.5) is 10.6 Å². The Bertz CT molecular complexity index is 642. The van der Waals surface area contributed by atoms with Gasteiger partial charge in [-0.1, -0.05) is 37.3 Å². The number of hydrogen-bond acceptors (Lipinski definition) is 2. The summed E-state index contributed by atoms with van der Waals surface area (Å²) >= 11 is 0. The molecule has 0 saturated carbocycles. The molecule has 5 heteroatoms. The Morgan fingerprint density at radius 2 is 1.91 bits per heavy atom. The molecule has 0 unspecified atom stereocenters. The smallest absolute Gasteiger partial charge is 0.323 e. The Morgan fingerprint density at radius 1 is 1.23 bits per heavy atom. The number of nitrogens with zero attached hydrogens (tertiary/aromatic N) is 3. The molecule has 2 heterocycles. The van der Waals surface area contributed by atoms with Crippen molar-refractivity contribution >= 4 is 11.8 Å². The van der Waals surface area contributed by atoms with Gasteiger partial charge in [-0.05, 0) is 24.3 Å². The van der Waals surface area contributed by atoms with Gasteiger partial charge in [0, 0.05) is 26.2 Å². The van der Waals surface area contributed by atoms with Crippen LogP contribution in [-0.2, 0) is 7.05 Å². The van der Waals surface area contributed by atoms with Crippen molar-refractivity contribution in [3.8, 4) is 11.3 Å². The first-order valence-corrected chi connectivity index (χ1v) is 7.79. The van der Waals surface area contributed by atoms with Crippen LogP contribution >= 0.6 is 0 Å². The van der Waals surface area contributed by atoms with Gasteiger partial charge in [-0.2, -0.15) is 5.10 Å². The third-order valence-corrected chi connectivity index (χ3v) is 4.26. The Kier molecular flexibility index (Phi) is 4.13. The van der Waals surface area contributed by atoms with Crippen molar-refractivity contribution in [3.05, 3.63) is 36.4 Å². The Hall–Kier alpha value is -2.30. The second-order valence-corrected chi connectivity index (χ2v) is 6.00. The predicted molar refractivity (Wildman–Crippen MR) is 87.6 cm³/mol. The monoisotopic (exact) mass is 298 g/mol. The predicted octanol–water partition coefficient (Wildman–Crippen LogP) is 3.35. The van der Waals surface area contributed by atoms with Crippen LogP contribution in [0.3, 0.4) is 0 Å². The zero-order chi connectivity index (χ0) is 15.5. The van der Waals surface area contributed by atoms with Crippen LogP contribution < -0.4 is 5.32 Å². The van der Waals surface area contributed by atoms with Gasteiger partial charge < -0.3 is 4.90 Å². The zero-order valence-corrected chi connectivity index (χ0v) is 13.1. The van der Waals surface area contributed by atoms with E-state index in [1.807, 2.05) is 48.3 Å². The third-order valence-electron chi connectivity index (χ3n) is 4.26. The summed E-state index contributed by atoms with van der Waals surface area (Å²) in [6.07, 6.45) is 2.15. The van der Waals surface area contributed by atoms with Crippen molar-refractivity contribution in [2.75, 3.05) is 18.4 Å². The molecule has 22 heavy (non-hydrogen) atoms. The third kappa shape index (κ3) is 3.13. The number of carbonyl (C=O) groups excluding carboxylic acids is 1. The average Bonchev–Trinajstić information content (AvgIpc) is 2.89. The van der Waals surface area contributed by atoms with Gasteiger partial charge in [0.1, 0.15) is 0 Å². The number of anilines is 1. The summed E-state index contributed by atoms with van der Waals surface area (Å²) in [5, 5.41) is 7.31. The molecule has 5 nitrogen and oxygen atoms in total. The summed E-state index contributed by atoms with van der Waals surface area (Å²) in [5.74, 6) is 1.31. The summed E-state index contributed by atoms with van der Waals surface area (Å²) in [6.45, 7) is 3.89. The summed E-state index contributed by atoms with van der Waals surface area (Å²) < 4.78 is 1.79. The number of nitrogens with one attached hydrogen (secondary N) is 1. The molecular formula is C17H22N4O. The lowest BCUT2D eigenvalue weighted by atomic mass is 10.00. The SMILES string of the molecule is CC1CCN(C(=O)Nc2cc(-c3ccccc3)n(C)n2)CC1. The molecule has 0 spiro atoms. The van der Waals surface area contributed by atoms with Crippen molar-refractivity contribution in [3.63, 3.8) is 0 Å². The lowest BCUT2D eigenvalue weighted by Crippen LogP contribution is -2.40. The quantitative estimate of drug-likeness (QED) is 0.924. The van der Waals surface area contributed by atoms with E-state index in [1.54, 1.807) is 4.68 Å². The van der Waals surface area contributed by atoms with Crippen LogP contribution in [0.5, 0.6) is 0 Å². The fourth-order valence-electron chi connectivity index (χ4n) is 2.81. The average molecular weight is 298 g/mol. The summed E-state index contributed by atoms with van der Waals surface area (Å²) in [6, 6.07) is 11.9. The lowest BCUT2D eigenvalue weighted by Gasteiger charge is -2.29. The first kappa shape index (κ1) is 14.6. The van der Waals surface area contributed by atoms with Gasteiger partial charge in [-0.15, -0.1) is 0 Å². The molecule has 3 rings (SSSR count). The Labute approximate surface area is 130 Å². The van der Waals surface area contributed by atoms with Crippen molar-refractivity contribution in [2.45, 2.75) is 19.8 Å². The highest BCUT2D eigenvalue weighted by molar-refractivity contribution is 5.89. The van der Waals surface area contributed by atoms with Gasteiger partial charge >= 0.3 is 6.03 Å². The van der Waals surface area contributed by atoms with Crippen LogP contribution in [-0.4, -0.2) is 33.8 Å². The first-order valence-electron chi connectivity index (χ1n) is 7.79. The van der Waals surface area contributed by atoms with Crippen LogP contribution in [0.25, 0.3) is 11.3 Å². The van der Waals surface area contributed by atoms with E-state index in [0.29, 0.717) is 11.7 Å². The molecule has 0 radical (unpaired) electrons. The normalized spacial score (nSPS) is 15.8. The number of hydrogen-bond donors (Lipinski definition) is 1. The number of rotatable bonds is 2. The highest BCUT2D eigenvalue weighted by atomic mass is 16.2. The van der Waals surface area contributed by atoms with Crippen molar-refractivity contribution in [1.82, 2.24) is 14.7 Å². The highest BCUT2D eigenvalue weighted by Crippen LogP contribution is 2.22. The highest BCUT2D eigenvalue weighted by Gasteiger charge is 2.21. The number of piperidine rings is 1. The number of urea groups is 1. The van der Waals surface area contributed by atoms with Gasteiger partial charge in [0.15, 0.2) is 5.82 Å². The minimum Gasteiger partial charge on any atom is -0.324 e. The molecule has 0 aliphatic carbocycles. The molecular weight excluding hydrogens is 276 g/mol. The van der Waals surface area contributed by atoms with Crippen molar-refractivity contribution in [2.24, 2.45) is 13.0 Å². The van der Waals surface area contributed by atoms with E-state index >= 15 is 0 Å². The second-order valence-electron chi connectivity index (χ2n) is 6.00. The number of likely N-dealkylation sites (tertiary alicyclic amines) is 1. The molecule has 2 aromatic rings. The number of aromatic nitrogens is 2. The van der Waals surface area contributed by atoms with E-state index in [9.17, 15) is 4.79 Å². The number of amides is 2. The first-order chi connectivity index (χ1) is 10.6. The standard InChI is InChI=1S/C17H22N4O/c1-13-8-10-21(11-9-13)17(22)18-16-12-15(20(2)19-16)14-6-4-3-5-7-14/h3-7,12-13H,8-11H2,1-2H3,(H,18,19,22). The number of carbonyl (C=O) groups is 1. The molecule has 1 aromatic heterocycles. The van der Waals surface area contributed by atoms with E-state index in [-0.39, 0.29) is 6.03 Å². The maximum Gasteiger partial charge on any atom is 0.323 e. The topological polar surface area (TPSA) is 50.2 Å². The minimum atomic E-state index is -0.0513. The van der Waals surface area contributed by atoms with Gasteiger partial charge in [0.05, 0.1) is 5.69 Å². The second kappa shape index (κ2) is 6.22. The van der Waals surface area contributed by atoms with Crippen molar-refractivity contribution < 1.29 is 4.79 Å². The maximum atomic E-state index is 12.3. The number of aryl methyl sites for hydroxylation is 1. The number of benzene rings is 1. The Balaban J connectivity index is 1.70. The van der Waals surface area contributed by atoms with E-state index in [2.05, 4.69) is 17.3 Å². The summed E-state index contributed by atoms with van der Waals surface area (Å²) in [7, 11) is 1.89. The molecule has 1 aromatic carbocycles. The Morgan fingerprint density at radius 3 is 2.59 bits per heavy atom. The van der Waals surface area contributed by atoms with Gasteiger partial charge in [0.2, 0.25) is 0 Å². The summed E-state index contributed by atoms with van der Waals surface area (Å²) in [4.78, 5) is 14.2. The molecule has 1 aliphatic heterocycles. The summed E-state index contributed by atoms with van der Waals surface area (Å²) in [5.41, 5.74) is 2.08. The molecule has 0 bridgehead atoms. The van der Waals surface area contributed by atoms with E-state index < -0.39 is 0 Å². The zero-order valence-electron chi connectivity index (χ0n) is 13.1. The minimum absolute atomic E-state index is 0.0513. The van der Waals surface area contributed by atoms with Crippen LogP contribution in [0.15, 0.2) is 36.4 Å². The molecule has 1 N–H and O–H groups in total. The largest absolute Gasteiger partial charge is 0.324 e. The van der Waals surface area contributed by atoms with E-state index in [1.165, 1.54) is 0 Å². The molecule has 1 fully saturated rings. The molecule has 1 saturated heterocycles. The van der Waals surface area contributed by atoms with Gasteiger partial charge in [-0.3, -0.25) is 10.00 Å². The lowest BCUT2D eigenvalue weighted by molar-refractivity contribution is 0.186. The van der Waals surface area contributed by atoms with Gasteiger partial charge in [-0.25, -0.2) is 4.79 Å². The molecule has 1 aliphatic rings. The fraction of sp³-hybridized carbons (Fsp3) is 0.412. The van der Waals surface area contributed by atoms with Crippen molar-refractivity contribution in [1.29, 1.82) is 0 Å². The molecule has 2 amide bonds. The van der Waals surface area contributed by atoms with E-state index in [0.717, 1.165) is 37.2 Å². The van der Waals surface area contributed by atoms with Crippen LogP contribution in [0.1, 0.15) is 19.8 Å². The van der Waals surface area contributed by atoms with Gasteiger partial charge in [0.25, 0.3) is 0 Å². The van der Waals surface area contributed by atoms with Crippen LogP contribution in [0.2, 0.25) is 0 Å². The molecule has 116 valence electrons. The molecule has 0 atom stereocenters. The van der Waals surface area contributed by atoms with E-state index in [4.69, 9.17) is 0 Å². The maximum absolute atomic E-state index is 12.3.